The molecule has 0 bridgehead atoms. The molecule has 1 aromatic rings. The normalized spacial score (nSPS) is 21.8. The topological polar surface area (TPSA) is 9.23 Å². The Morgan fingerprint density at radius 3 is 2.35 bits per heavy atom. The summed E-state index contributed by atoms with van der Waals surface area (Å²) < 4.78 is 5.39. The van der Waals surface area contributed by atoms with Crippen molar-refractivity contribution in [1.82, 2.24) is 0 Å². The zero-order valence-corrected chi connectivity index (χ0v) is 16.9. The molecule has 3 rings (SSSR count). The van der Waals surface area contributed by atoms with Gasteiger partial charge in [0.25, 0.3) is 0 Å². The number of ether oxygens (including phenoxy) is 1. The molecule has 0 aliphatic heterocycles. The molecule has 1 nitrogen and oxygen atoms in total. The lowest BCUT2D eigenvalue weighted by molar-refractivity contribution is 0.414. The van der Waals surface area contributed by atoms with Crippen LogP contribution in [-0.4, -0.2) is 7.11 Å². The van der Waals surface area contributed by atoms with E-state index in [1.54, 1.807) is 7.11 Å². The van der Waals surface area contributed by atoms with E-state index in [9.17, 15) is 0 Å². The number of methoxy groups -OCH3 is 1. The van der Waals surface area contributed by atoms with Crippen molar-refractivity contribution >= 4 is 0 Å². The Labute approximate surface area is 159 Å². The van der Waals surface area contributed by atoms with E-state index in [1.807, 2.05) is 0 Å². The number of allylic oxidation sites excluding steroid dienone is 8. The summed E-state index contributed by atoms with van der Waals surface area (Å²) in [6.07, 6.45) is 16.6. The SMILES string of the molecule is COc1ccc(C(C)(C2=CCCC=C2)C2=CCCC(C)(C)C=C2C)cc1. The van der Waals surface area contributed by atoms with E-state index < -0.39 is 0 Å². The smallest absolute Gasteiger partial charge is 0.118 e. The maximum absolute atomic E-state index is 5.39. The van der Waals surface area contributed by atoms with Crippen LogP contribution in [0.4, 0.5) is 0 Å². The summed E-state index contributed by atoms with van der Waals surface area (Å²) in [6.45, 7) is 9.36. The van der Waals surface area contributed by atoms with Crippen molar-refractivity contribution in [2.45, 2.75) is 58.8 Å². The van der Waals surface area contributed by atoms with Crippen LogP contribution in [0.3, 0.4) is 0 Å². The highest BCUT2D eigenvalue weighted by atomic mass is 16.5. The predicted molar refractivity (Wildman–Crippen MR) is 112 cm³/mol. The molecule has 0 aromatic heterocycles. The van der Waals surface area contributed by atoms with Gasteiger partial charge in [-0.25, -0.2) is 0 Å². The third-order valence-corrected chi connectivity index (χ3v) is 5.95. The molecule has 0 heterocycles. The molecule has 0 amide bonds. The van der Waals surface area contributed by atoms with Gasteiger partial charge in [-0.2, -0.15) is 0 Å². The summed E-state index contributed by atoms with van der Waals surface area (Å²) in [6, 6.07) is 8.63. The molecular formula is C25H32O. The van der Waals surface area contributed by atoms with Crippen molar-refractivity contribution in [3.05, 3.63) is 76.9 Å². The summed E-state index contributed by atoms with van der Waals surface area (Å²) >= 11 is 0. The summed E-state index contributed by atoms with van der Waals surface area (Å²) in [4.78, 5) is 0. The Hall–Kier alpha value is -2.02. The monoisotopic (exact) mass is 348 g/mol. The molecule has 0 fully saturated rings. The van der Waals surface area contributed by atoms with Crippen LogP contribution < -0.4 is 4.74 Å². The van der Waals surface area contributed by atoms with E-state index in [1.165, 1.54) is 28.7 Å². The first-order chi connectivity index (χ1) is 12.4. The summed E-state index contributed by atoms with van der Waals surface area (Å²) in [5.74, 6) is 0.910. The Morgan fingerprint density at radius 2 is 1.73 bits per heavy atom. The lowest BCUT2D eigenvalue weighted by atomic mass is 9.66. The van der Waals surface area contributed by atoms with Crippen molar-refractivity contribution in [2.75, 3.05) is 7.11 Å². The fraction of sp³-hybridized carbons (Fsp3) is 0.440. The number of hydrogen-bond donors (Lipinski definition) is 0. The van der Waals surface area contributed by atoms with Crippen molar-refractivity contribution in [2.24, 2.45) is 5.41 Å². The third kappa shape index (κ3) is 3.58. The van der Waals surface area contributed by atoms with Crippen LogP contribution in [0.25, 0.3) is 0 Å². The third-order valence-electron chi connectivity index (χ3n) is 5.95. The van der Waals surface area contributed by atoms with Crippen LogP contribution in [0, 0.1) is 5.41 Å². The zero-order chi connectivity index (χ0) is 18.8. The van der Waals surface area contributed by atoms with Crippen LogP contribution in [-0.2, 0) is 5.41 Å². The average Bonchev–Trinajstić information content (AvgIpc) is 2.78. The maximum Gasteiger partial charge on any atom is 0.118 e. The van der Waals surface area contributed by atoms with Gasteiger partial charge in [0.2, 0.25) is 0 Å². The molecule has 2 aliphatic rings. The minimum absolute atomic E-state index is 0.135. The van der Waals surface area contributed by atoms with Gasteiger partial charge in [-0.1, -0.05) is 61.9 Å². The largest absolute Gasteiger partial charge is 0.497 e. The quantitative estimate of drug-likeness (QED) is 0.573. The van der Waals surface area contributed by atoms with Crippen LogP contribution in [0.15, 0.2) is 71.4 Å². The molecule has 2 aliphatic carbocycles. The first kappa shape index (κ1) is 18.8. The van der Waals surface area contributed by atoms with Crippen LogP contribution >= 0.6 is 0 Å². The molecule has 1 atom stereocenters. The fourth-order valence-electron chi connectivity index (χ4n) is 4.47. The van der Waals surface area contributed by atoms with E-state index in [0.717, 1.165) is 25.0 Å². The van der Waals surface area contributed by atoms with Gasteiger partial charge in [-0.15, -0.1) is 0 Å². The van der Waals surface area contributed by atoms with Crippen LogP contribution in [0.1, 0.15) is 58.9 Å². The van der Waals surface area contributed by atoms with Gasteiger partial charge in [0.1, 0.15) is 5.75 Å². The van der Waals surface area contributed by atoms with E-state index in [2.05, 4.69) is 82.3 Å². The van der Waals surface area contributed by atoms with Gasteiger partial charge in [-0.3, -0.25) is 0 Å². The molecule has 1 aromatic carbocycles. The van der Waals surface area contributed by atoms with Gasteiger partial charge in [0.15, 0.2) is 0 Å². The lowest BCUT2D eigenvalue weighted by Gasteiger charge is -2.36. The number of benzene rings is 1. The first-order valence-corrected chi connectivity index (χ1v) is 9.79. The first-order valence-electron chi connectivity index (χ1n) is 9.79. The summed E-state index contributed by atoms with van der Waals surface area (Å²) in [5, 5.41) is 0. The highest BCUT2D eigenvalue weighted by molar-refractivity contribution is 5.57. The number of hydrogen-bond acceptors (Lipinski definition) is 1. The second-order valence-corrected chi connectivity index (χ2v) is 8.47. The van der Waals surface area contributed by atoms with Crippen molar-refractivity contribution in [3.63, 3.8) is 0 Å². The van der Waals surface area contributed by atoms with Crippen molar-refractivity contribution in [1.29, 1.82) is 0 Å². The van der Waals surface area contributed by atoms with Crippen molar-refractivity contribution in [3.8, 4) is 5.75 Å². The van der Waals surface area contributed by atoms with Gasteiger partial charge >= 0.3 is 0 Å². The minimum Gasteiger partial charge on any atom is -0.497 e. The molecule has 1 unspecified atom stereocenters. The molecule has 138 valence electrons. The standard InChI is InChI=1S/C25H32O/c1-19-18-24(2,3)17-9-12-23(19)25(4,20-10-7-6-8-11-20)21-13-15-22(26-5)16-14-21/h7,10-16,18H,6,8-9,17H2,1-5H3. The van der Waals surface area contributed by atoms with Crippen LogP contribution in [0.2, 0.25) is 0 Å². The van der Waals surface area contributed by atoms with Crippen LogP contribution in [0.5, 0.6) is 5.75 Å². The van der Waals surface area contributed by atoms with E-state index in [4.69, 9.17) is 4.74 Å². The summed E-state index contributed by atoms with van der Waals surface area (Å²) in [5.41, 5.74) is 5.71. The predicted octanol–water partition coefficient (Wildman–Crippen LogP) is 6.92. The highest BCUT2D eigenvalue weighted by Crippen LogP contribution is 2.46. The molecule has 0 saturated heterocycles. The molecule has 0 radical (unpaired) electrons. The lowest BCUT2D eigenvalue weighted by Crippen LogP contribution is -2.28. The van der Waals surface area contributed by atoms with Gasteiger partial charge in [-0.05, 0) is 73.8 Å². The van der Waals surface area contributed by atoms with Gasteiger partial charge in [0, 0.05) is 5.41 Å². The van der Waals surface area contributed by atoms with E-state index >= 15 is 0 Å². The summed E-state index contributed by atoms with van der Waals surface area (Å²) in [7, 11) is 1.73. The molecular weight excluding hydrogens is 316 g/mol. The average molecular weight is 349 g/mol. The molecule has 0 N–H and O–H groups in total. The zero-order valence-electron chi connectivity index (χ0n) is 16.9. The van der Waals surface area contributed by atoms with Crippen molar-refractivity contribution < 1.29 is 4.74 Å². The molecule has 1 heteroatoms. The molecule has 0 saturated carbocycles. The Bertz CT molecular complexity index is 771. The Balaban J connectivity index is 2.16. The second kappa shape index (κ2) is 7.31. The number of rotatable bonds is 4. The Morgan fingerprint density at radius 1 is 1.00 bits per heavy atom. The second-order valence-electron chi connectivity index (χ2n) is 8.47. The molecule has 0 spiro atoms. The fourth-order valence-corrected chi connectivity index (χ4v) is 4.47. The van der Waals surface area contributed by atoms with E-state index in [-0.39, 0.29) is 10.8 Å². The maximum atomic E-state index is 5.39. The van der Waals surface area contributed by atoms with Gasteiger partial charge < -0.3 is 4.74 Å². The Kier molecular flexibility index (Phi) is 5.27. The van der Waals surface area contributed by atoms with E-state index in [0.29, 0.717) is 0 Å². The highest BCUT2D eigenvalue weighted by Gasteiger charge is 2.36. The molecule has 26 heavy (non-hydrogen) atoms. The van der Waals surface area contributed by atoms with Gasteiger partial charge in [0.05, 0.1) is 7.11 Å². The minimum atomic E-state index is -0.135.